The Morgan fingerprint density at radius 3 is 2.71 bits per heavy atom. The molecule has 1 heterocycles. The summed E-state index contributed by atoms with van der Waals surface area (Å²) in [5, 5.41) is 12.0. The maximum absolute atomic E-state index is 12.3. The maximum atomic E-state index is 12.3. The molecular formula is C16H30N2O3. The summed E-state index contributed by atoms with van der Waals surface area (Å²) in [5.41, 5.74) is -0.100. The topological polar surface area (TPSA) is 69.6 Å². The number of rotatable bonds is 7. The molecule has 1 atom stereocenters. The van der Waals surface area contributed by atoms with E-state index in [-0.39, 0.29) is 29.8 Å². The summed E-state index contributed by atoms with van der Waals surface area (Å²) in [5.74, 6) is 0.107. The summed E-state index contributed by atoms with van der Waals surface area (Å²) in [7, 11) is 0. The second kappa shape index (κ2) is 8.37. The summed E-state index contributed by atoms with van der Waals surface area (Å²) in [6, 6.07) is 0. The molecule has 0 aromatic heterocycles. The van der Waals surface area contributed by atoms with Crippen LogP contribution in [0.3, 0.4) is 0 Å². The molecule has 1 saturated heterocycles. The van der Waals surface area contributed by atoms with Crippen LogP contribution in [0.5, 0.6) is 0 Å². The molecule has 0 spiro atoms. The van der Waals surface area contributed by atoms with Crippen LogP contribution in [0.4, 0.5) is 0 Å². The maximum Gasteiger partial charge on any atom is 0.224 e. The molecule has 0 bridgehead atoms. The molecule has 0 aromatic rings. The van der Waals surface area contributed by atoms with Crippen LogP contribution < -0.4 is 5.32 Å². The standard InChI is InChI=1S/C16H30N2O3/c1-4-6-14(20)18-9-5-7-13(11-18)15(21)17-12-16(2,3)8-10-19/h13,19H,4-12H2,1-3H3,(H,17,21). The van der Waals surface area contributed by atoms with Gasteiger partial charge in [0.25, 0.3) is 0 Å². The van der Waals surface area contributed by atoms with E-state index in [2.05, 4.69) is 5.32 Å². The number of carbonyl (C=O) groups is 2. The van der Waals surface area contributed by atoms with Gasteiger partial charge < -0.3 is 15.3 Å². The minimum Gasteiger partial charge on any atom is -0.396 e. The summed E-state index contributed by atoms with van der Waals surface area (Å²) >= 11 is 0. The molecule has 1 aliphatic rings. The summed E-state index contributed by atoms with van der Waals surface area (Å²) in [6.07, 6.45) is 3.83. The molecule has 1 unspecified atom stereocenters. The van der Waals surface area contributed by atoms with E-state index in [0.29, 0.717) is 25.9 Å². The molecule has 0 aliphatic carbocycles. The zero-order valence-electron chi connectivity index (χ0n) is 13.7. The fraction of sp³-hybridized carbons (Fsp3) is 0.875. The van der Waals surface area contributed by atoms with Crippen molar-refractivity contribution in [3.05, 3.63) is 0 Å². The minimum absolute atomic E-state index is 0.0370. The lowest BCUT2D eigenvalue weighted by atomic mass is 9.89. The predicted molar refractivity (Wildman–Crippen MR) is 82.7 cm³/mol. The Labute approximate surface area is 128 Å². The van der Waals surface area contributed by atoms with Crippen LogP contribution in [0.2, 0.25) is 0 Å². The number of carbonyl (C=O) groups excluding carboxylic acids is 2. The highest BCUT2D eigenvalue weighted by Crippen LogP contribution is 2.20. The number of aliphatic hydroxyl groups is 1. The van der Waals surface area contributed by atoms with Crippen molar-refractivity contribution in [2.24, 2.45) is 11.3 Å². The molecule has 0 aromatic carbocycles. The molecule has 0 saturated carbocycles. The van der Waals surface area contributed by atoms with Crippen molar-refractivity contribution in [3.63, 3.8) is 0 Å². The van der Waals surface area contributed by atoms with Crippen molar-refractivity contribution in [2.75, 3.05) is 26.2 Å². The van der Waals surface area contributed by atoms with E-state index >= 15 is 0 Å². The first kappa shape index (κ1) is 18.0. The lowest BCUT2D eigenvalue weighted by Gasteiger charge is -2.33. The smallest absolute Gasteiger partial charge is 0.224 e. The van der Waals surface area contributed by atoms with Crippen molar-refractivity contribution in [1.82, 2.24) is 10.2 Å². The number of hydrogen-bond donors (Lipinski definition) is 2. The van der Waals surface area contributed by atoms with Crippen LogP contribution in [-0.2, 0) is 9.59 Å². The van der Waals surface area contributed by atoms with Gasteiger partial charge in [-0.1, -0.05) is 20.8 Å². The minimum atomic E-state index is -0.100. The summed E-state index contributed by atoms with van der Waals surface area (Å²) < 4.78 is 0. The van der Waals surface area contributed by atoms with E-state index in [1.165, 1.54) is 0 Å². The van der Waals surface area contributed by atoms with E-state index in [1.807, 2.05) is 25.7 Å². The Balaban J connectivity index is 2.45. The zero-order valence-corrected chi connectivity index (χ0v) is 13.7. The van der Waals surface area contributed by atoms with Gasteiger partial charge in [-0.3, -0.25) is 9.59 Å². The molecule has 5 nitrogen and oxygen atoms in total. The number of likely N-dealkylation sites (tertiary alicyclic amines) is 1. The Hall–Kier alpha value is -1.10. The number of nitrogens with zero attached hydrogens (tertiary/aromatic N) is 1. The third-order valence-corrected chi connectivity index (χ3v) is 4.14. The highest BCUT2D eigenvalue weighted by molar-refractivity contribution is 5.81. The third-order valence-electron chi connectivity index (χ3n) is 4.14. The van der Waals surface area contributed by atoms with E-state index in [4.69, 9.17) is 5.11 Å². The van der Waals surface area contributed by atoms with Crippen LogP contribution in [0.1, 0.15) is 52.9 Å². The molecule has 2 amide bonds. The van der Waals surface area contributed by atoms with Gasteiger partial charge in [-0.2, -0.15) is 0 Å². The van der Waals surface area contributed by atoms with Crippen molar-refractivity contribution in [3.8, 4) is 0 Å². The monoisotopic (exact) mass is 298 g/mol. The number of hydrogen-bond acceptors (Lipinski definition) is 3. The Bertz CT molecular complexity index is 355. The average molecular weight is 298 g/mol. The summed E-state index contributed by atoms with van der Waals surface area (Å²) in [6.45, 7) is 8.07. The van der Waals surface area contributed by atoms with E-state index in [0.717, 1.165) is 25.8 Å². The largest absolute Gasteiger partial charge is 0.396 e. The van der Waals surface area contributed by atoms with Crippen LogP contribution in [0.15, 0.2) is 0 Å². The van der Waals surface area contributed by atoms with Crippen LogP contribution >= 0.6 is 0 Å². The zero-order chi connectivity index (χ0) is 15.9. The van der Waals surface area contributed by atoms with E-state index < -0.39 is 0 Å². The molecule has 1 rings (SSSR count). The van der Waals surface area contributed by atoms with Gasteiger partial charge in [0, 0.05) is 32.7 Å². The first-order valence-electron chi connectivity index (χ1n) is 8.06. The molecule has 5 heteroatoms. The van der Waals surface area contributed by atoms with Crippen molar-refractivity contribution in [1.29, 1.82) is 0 Å². The number of amides is 2. The molecule has 122 valence electrons. The van der Waals surface area contributed by atoms with Crippen LogP contribution in [-0.4, -0.2) is 48.1 Å². The average Bonchev–Trinajstić information content (AvgIpc) is 2.45. The number of aliphatic hydroxyl groups excluding tert-OH is 1. The SMILES string of the molecule is CCCC(=O)N1CCCC(C(=O)NCC(C)(C)CCO)C1. The normalized spacial score (nSPS) is 19.4. The van der Waals surface area contributed by atoms with E-state index in [1.54, 1.807) is 0 Å². The molecular weight excluding hydrogens is 268 g/mol. The van der Waals surface area contributed by atoms with Gasteiger partial charge >= 0.3 is 0 Å². The molecule has 1 aliphatic heterocycles. The Morgan fingerprint density at radius 2 is 2.10 bits per heavy atom. The highest BCUT2D eigenvalue weighted by atomic mass is 16.3. The van der Waals surface area contributed by atoms with Gasteiger partial charge in [0.05, 0.1) is 5.92 Å². The van der Waals surface area contributed by atoms with Gasteiger partial charge in [-0.25, -0.2) is 0 Å². The van der Waals surface area contributed by atoms with Gasteiger partial charge in [-0.05, 0) is 31.1 Å². The van der Waals surface area contributed by atoms with Gasteiger partial charge in [0.15, 0.2) is 0 Å². The van der Waals surface area contributed by atoms with E-state index in [9.17, 15) is 9.59 Å². The summed E-state index contributed by atoms with van der Waals surface area (Å²) in [4.78, 5) is 26.0. The molecule has 1 fully saturated rings. The quantitative estimate of drug-likeness (QED) is 0.749. The first-order valence-corrected chi connectivity index (χ1v) is 8.06. The Kier molecular flexibility index (Phi) is 7.15. The number of piperidine rings is 1. The fourth-order valence-electron chi connectivity index (χ4n) is 2.65. The Morgan fingerprint density at radius 1 is 1.38 bits per heavy atom. The van der Waals surface area contributed by atoms with Gasteiger partial charge in [-0.15, -0.1) is 0 Å². The molecule has 21 heavy (non-hydrogen) atoms. The molecule has 2 N–H and O–H groups in total. The highest BCUT2D eigenvalue weighted by Gasteiger charge is 2.29. The van der Waals surface area contributed by atoms with Gasteiger partial charge in [0.1, 0.15) is 0 Å². The lowest BCUT2D eigenvalue weighted by molar-refractivity contribution is -0.135. The fourth-order valence-corrected chi connectivity index (χ4v) is 2.65. The third kappa shape index (κ3) is 6.04. The lowest BCUT2D eigenvalue weighted by Crippen LogP contribution is -2.46. The molecule has 0 radical (unpaired) electrons. The van der Waals surface area contributed by atoms with Crippen LogP contribution in [0, 0.1) is 11.3 Å². The van der Waals surface area contributed by atoms with Crippen molar-refractivity contribution >= 4 is 11.8 Å². The second-order valence-corrected chi connectivity index (χ2v) is 6.78. The number of nitrogens with one attached hydrogen (secondary N) is 1. The second-order valence-electron chi connectivity index (χ2n) is 6.78. The predicted octanol–water partition coefficient (Wildman–Crippen LogP) is 1.55. The van der Waals surface area contributed by atoms with Crippen LogP contribution in [0.25, 0.3) is 0 Å². The van der Waals surface area contributed by atoms with Crippen molar-refractivity contribution in [2.45, 2.75) is 52.9 Å². The van der Waals surface area contributed by atoms with Crippen molar-refractivity contribution < 1.29 is 14.7 Å². The first-order chi connectivity index (χ1) is 9.89. The van der Waals surface area contributed by atoms with Gasteiger partial charge in [0.2, 0.25) is 11.8 Å².